The van der Waals surface area contributed by atoms with Gasteiger partial charge in [-0.05, 0) is 14.0 Å². The molecule has 19 heavy (non-hydrogen) atoms. The summed E-state index contributed by atoms with van der Waals surface area (Å²) in [7, 11) is 3.60. The summed E-state index contributed by atoms with van der Waals surface area (Å²) in [6, 6.07) is 0.323. The van der Waals surface area contributed by atoms with Gasteiger partial charge in [-0.25, -0.2) is 0 Å². The van der Waals surface area contributed by atoms with Gasteiger partial charge in [-0.2, -0.15) is 5.10 Å². The molecular weight excluding hydrogens is 246 g/mol. The predicted octanol–water partition coefficient (Wildman–Crippen LogP) is 0.843. The first kappa shape index (κ1) is 16.1. The summed E-state index contributed by atoms with van der Waals surface area (Å²) in [5, 5.41) is 7.48. The lowest BCUT2D eigenvalue weighted by Crippen LogP contribution is -2.12. The predicted molar refractivity (Wildman–Crippen MR) is 73.2 cm³/mol. The van der Waals surface area contributed by atoms with E-state index in [4.69, 9.17) is 14.2 Å². The summed E-state index contributed by atoms with van der Waals surface area (Å²) in [5.74, 6) is 0. The Morgan fingerprint density at radius 1 is 1.21 bits per heavy atom. The highest BCUT2D eigenvalue weighted by Crippen LogP contribution is 2.09. The SMILES string of the molecule is CNC(C)c1cnn(CCOCCOCCOC)c1. The highest BCUT2D eigenvalue weighted by molar-refractivity contribution is 5.08. The standard InChI is InChI=1S/C13H25N3O3/c1-12(14-2)13-10-15-16(11-13)4-5-18-8-9-19-7-6-17-3/h10-12,14H,4-9H2,1-3H3. The Kier molecular flexibility index (Phi) is 8.40. The van der Waals surface area contributed by atoms with Crippen molar-refractivity contribution in [2.45, 2.75) is 19.5 Å². The summed E-state index contributed by atoms with van der Waals surface area (Å²) in [6.07, 6.45) is 3.93. The molecule has 0 aliphatic rings. The van der Waals surface area contributed by atoms with Crippen LogP contribution in [0.3, 0.4) is 0 Å². The molecule has 1 N–H and O–H groups in total. The van der Waals surface area contributed by atoms with Crippen LogP contribution in [0, 0.1) is 0 Å². The maximum atomic E-state index is 5.47. The van der Waals surface area contributed by atoms with Gasteiger partial charge in [0.2, 0.25) is 0 Å². The molecule has 110 valence electrons. The van der Waals surface area contributed by atoms with Crippen molar-refractivity contribution >= 4 is 0 Å². The van der Waals surface area contributed by atoms with Crippen LogP contribution in [0.1, 0.15) is 18.5 Å². The van der Waals surface area contributed by atoms with Crippen molar-refractivity contribution in [2.75, 3.05) is 47.2 Å². The van der Waals surface area contributed by atoms with Gasteiger partial charge in [0, 0.05) is 24.9 Å². The Balaban J connectivity index is 2.04. The molecule has 1 atom stereocenters. The van der Waals surface area contributed by atoms with Crippen LogP contribution in [0.4, 0.5) is 0 Å². The van der Waals surface area contributed by atoms with E-state index in [9.17, 15) is 0 Å². The fourth-order valence-electron chi connectivity index (χ4n) is 1.51. The Labute approximate surface area is 115 Å². The van der Waals surface area contributed by atoms with E-state index in [1.165, 1.54) is 5.56 Å². The zero-order valence-corrected chi connectivity index (χ0v) is 12.1. The zero-order chi connectivity index (χ0) is 13.9. The lowest BCUT2D eigenvalue weighted by atomic mass is 10.2. The molecule has 1 unspecified atom stereocenters. The van der Waals surface area contributed by atoms with Crippen LogP contribution in [0.25, 0.3) is 0 Å². The average molecular weight is 271 g/mol. The van der Waals surface area contributed by atoms with E-state index in [0.717, 1.165) is 6.54 Å². The van der Waals surface area contributed by atoms with E-state index in [0.29, 0.717) is 39.1 Å². The first-order valence-corrected chi connectivity index (χ1v) is 6.62. The van der Waals surface area contributed by atoms with Crippen LogP contribution in [0.15, 0.2) is 12.4 Å². The van der Waals surface area contributed by atoms with Crippen molar-refractivity contribution < 1.29 is 14.2 Å². The molecule has 0 radical (unpaired) electrons. The molecule has 6 nitrogen and oxygen atoms in total. The second-order valence-corrected chi connectivity index (χ2v) is 4.26. The molecule has 0 saturated heterocycles. The largest absolute Gasteiger partial charge is 0.382 e. The van der Waals surface area contributed by atoms with Gasteiger partial charge in [0.15, 0.2) is 0 Å². The summed E-state index contributed by atoms with van der Waals surface area (Å²) in [4.78, 5) is 0. The minimum atomic E-state index is 0.323. The van der Waals surface area contributed by atoms with Crippen molar-refractivity contribution in [3.05, 3.63) is 18.0 Å². The molecule has 0 aromatic carbocycles. The van der Waals surface area contributed by atoms with Crippen molar-refractivity contribution in [2.24, 2.45) is 0 Å². The zero-order valence-electron chi connectivity index (χ0n) is 12.1. The van der Waals surface area contributed by atoms with E-state index < -0.39 is 0 Å². The minimum absolute atomic E-state index is 0.323. The van der Waals surface area contributed by atoms with Gasteiger partial charge >= 0.3 is 0 Å². The Hall–Kier alpha value is -0.950. The second kappa shape index (κ2) is 9.91. The molecule has 1 heterocycles. The number of ether oxygens (including phenoxy) is 3. The van der Waals surface area contributed by atoms with Gasteiger partial charge in [0.1, 0.15) is 0 Å². The van der Waals surface area contributed by atoms with Crippen LogP contribution in [0.5, 0.6) is 0 Å². The Morgan fingerprint density at radius 2 is 1.89 bits per heavy atom. The van der Waals surface area contributed by atoms with Crippen LogP contribution < -0.4 is 5.32 Å². The Morgan fingerprint density at radius 3 is 2.58 bits per heavy atom. The fraction of sp³-hybridized carbons (Fsp3) is 0.769. The maximum absolute atomic E-state index is 5.47. The van der Waals surface area contributed by atoms with Gasteiger partial charge in [0.05, 0.1) is 45.8 Å². The number of hydrogen-bond donors (Lipinski definition) is 1. The molecule has 1 rings (SSSR count). The second-order valence-electron chi connectivity index (χ2n) is 4.26. The van der Waals surface area contributed by atoms with E-state index in [1.54, 1.807) is 7.11 Å². The lowest BCUT2D eigenvalue weighted by molar-refractivity contribution is 0.0225. The van der Waals surface area contributed by atoms with Gasteiger partial charge in [-0.1, -0.05) is 0 Å². The van der Waals surface area contributed by atoms with Crippen LogP contribution >= 0.6 is 0 Å². The summed E-state index contributed by atoms with van der Waals surface area (Å²) >= 11 is 0. The van der Waals surface area contributed by atoms with Gasteiger partial charge in [-0.15, -0.1) is 0 Å². The number of hydrogen-bond acceptors (Lipinski definition) is 5. The fourth-order valence-corrected chi connectivity index (χ4v) is 1.51. The number of methoxy groups -OCH3 is 1. The molecule has 1 aromatic heterocycles. The minimum Gasteiger partial charge on any atom is -0.382 e. The van der Waals surface area contributed by atoms with Crippen molar-refractivity contribution in [1.82, 2.24) is 15.1 Å². The van der Waals surface area contributed by atoms with Gasteiger partial charge < -0.3 is 19.5 Å². The third-order valence-electron chi connectivity index (χ3n) is 2.85. The Bertz CT molecular complexity index is 331. The molecule has 1 aromatic rings. The van der Waals surface area contributed by atoms with Crippen LogP contribution in [-0.2, 0) is 20.8 Å². The molecule has 0 fully saturated rings. The molecular formula is C13H25N3O3. The van der Waals surface area contributed by atoms with Gasteiger partial charge in [-0.3, -0.25) is 4.68 Å². The third kappa shape index (κ3) is 6.68. The van der Waals surface area contributed by atoms with E-state index in [1.807, 2.05) is 24.1 Å². The highest BCUT2D eigenvalue weighted by Gasteiger charge is 2.04. The summed E-state index contributed by atoms with van der Waals surface area (Å²) in [5.41, 5.74) is 1.19. The molecule has 0 bridgehead atoms. The molecule has 0 spiro atoms. The maximum Gasteiger partial charge on any atom is 0.0701 e. The van der Waals surface area contributed by atoms with Gasteiger partial charge in [0.25, 0.3) is 0 Å². The lowest BCUT2D eigenvalue weighted by Gasteiger charge is -2.07. The number of nitrogens with zero attached hydrogens (tertiary/aromatic N) is 2. The normalized spacial score (nSPS) is 12.8. The number of nitrogens with one attached hydrogen (secondary N) is 1. The summed E-state index contributed by atoms with van der Waals surface area (Å²) < 4.78 is 17.5. The van der Waals surface area contributed by atoms with Crippen molar-refractivity contribution in [3.63, 3.8) is 0 Å². The topological polar surface area (TPSA) is 57.5 Å². The molecule has 0 aliphatic heterocycles. The number of aromatic nitrogens is 2. The summed E-state index contributed by atoms with van der Waals surface area (Å²) in [6.45, 7) is 5.95. The molecule has 6 heteroatoms. The van der Waals surface area contributed by atoms with E-state index in [2.05, 4.69) is 17.3 Å². The van der Waals surface area contributed by atoms with Crippen LogP contribution in [-0.4, -0.2) is 57.0 Å². The third-order valence-corrected chi connectivity index (χ3v) is 2.85. The smallest absolute Gasteiger partial charge is 0.0701 e. The van der Waals surface area contributed by atoms with E-state index in [-0.39, 0.29) is 0 Å². The number of rotatable bonds is 11. The van der Waals surface area contributed by atoms with Crippen molar-refractivity contribution in [1.29, 1.82) is 0 Å². The molecule has 0 aliphatic carbocycles. The molecule has 0 saturated carbocycles. The first-order chi connectivity index (χ1) is 9.27. The quantitative estimate of drug-likeness (QED) is 0.605. The molecule has 0 amide bonds. The van der Waals surface area contributed by atoms with E-state index >= 15 is 0 Å². The average Bonchev–Trinajstić information content (AvgIpc) is 2.89. The monoisotopic (exact) mass is 271 g/mol. The highest BCUT2D eigenvalue weighted by atomic mass is 16.5. The van der Waals surface area contributed by atoms with Crippen LogP contribution in [0.2, 0.25) is 0 Å². The van der Waals surface area contributed by atoms with Crippen molar-refractivity contribution in [3.8, 4) is 0 Å². The first-order valence-electron chi connectivity index (χ1n) is 6.62.